The van der Waals surface area contributed by atoms with Gasteiger partial charge in [-0.1, -0.05) is 15.9 Å². The van der Waals surface area contributed by atoms with Crippen molar-refractivity contribution >= 4 is 21.8 Å². The molecule has 1 aliphatic rings. The van der Waals surface area contributed by atoms with Crippen molar-refractivity contribution in [3.05, 3.63) is 28.0 Å². The third kappa shape index (κ3) is 1.97. The van der Waals surface area contributed by atoms with Gasteiger partial charge in [-0.3, -0.25) is 4.79 Å². The largest absolute Gasteiger partial charge is 0.505 e. The zero-order valence-electron chi connectivity index (χ0n) is 7.76. The van der Waals surface area contributed by atoms with E-state index in [1.165, 1.54) is 6.07 Å². The lowest BCUT2D eigenvalue weighted by molar-refractivity contribution is -0.119. The lowest BCUT2D eigenvalue weighted by Gasteiger charge is -2.11. The van der Waals surface area contributed by atoms with Crippen LogP contribution in [-0.2, 0) is 4.79 Å². The monoisotopic (exact) mass is 273 g/mol. The van der Waals surface area contributed by atoms with Gasteiger partial charge in [-0.25, -0.2) is 4.39 Å². The Hall–Kier alpha value is -1.10. The van der Waals surface area contributed by atoms with Gasteiger partial charge >= 0.3 is 0 Å². The zero-order chi connectivity index (χ0) is 11.0. The van der Waals surface area contributed by atoms with E-state index in [0.29, 0.717) is 23.0 Å². The SMILES string of the molecule is O=C1CC(c2cc(Br)cc(F)c2O)CN1. The molecular formula is C10H9BrFNO2. The third-order valence-electron chi connectivity index (χ3n) is 2.47. The van der Waals surface area contributed by atoms with Gasteiger partial charge in [0, 0.05) is 28.9 Å². The van der Waals surface area contributed by atoms with Gasteiger partial charge in [0.1, 0.15) is 0 Å². The minimum absolute atomic E-state index is 0.0696. The zero-order valence-corrected chi connectivity index (χ0v) is 9.34. The fraction of sp³-hybridized carbons (Fsp3) is 0.300. The molecule has 1 amide bonds. The molecule has 0 bridgehead atoms. The van der Waals surface area contributed by atoms with Crippen molar-refractivity contribution in [1.29, 1.82) is 0 Å². The normalized spacial score (nSPS) is 20.4. The average Bonchev–Trinajstić information content (AvgIpc) is 2.58. The summed E-state index contributed by atoms with van der Waals surface area (Å²) in [7, 11) is 0. The number of carbonyl (C=O) groups is 1. The second-order valence-electron chi connectivity index (χ2n) is 3.53. The second-order valence-corrected chi connectivity index (χ2v) is 4.45. The van der Waals surface area contributed by atoms with E-state index in [9.17, 15) is 14.3 Å². The van der Waals surface area contributed by atoms with E-state index in [2.05, 4.69) is 21.2 Å². The van der Waals surface area contributed by atoms with E-state index in [4.69, 9.17) is 0 Å². The minimum Gasteiger partial charge on any atom is -0.505 e. The van der Waals surface area contributed by atoms with E-state index in [1.807, 2.05) is 0 Å². The topological polar surface area (TPSA) is 49.3 Å². The summed E-state index contributed by atoms with van der Waals surface area (Å²) in [5.74, 6) is -1.25. The number of carbonyl (C=O) groups excluding carboxylic acids is 1. The van der Waals surface area contributed by atoms with E-state index in [-0.39, 0.29) is 17.6 Å². The Morgan fingerprint density at radius 2 is 2.27 bits per heavy atom. The fourth-order valence-electron chi connectivity index (χ4n) is 1.72. The highest BCUT2D eigenvalue weighted by atomic mass is 79.9. The van der Waals surface area contributed by atoms with Crippen molar-refractivity contribution in [1.82, 2.24) is 5.32 Å². The summed E-state index contributed by atoms with van der Waals surface area (Å²) in [5, 5.41) is 12.2. The molecule has 5 heteroatoms. The number of amides is 1. The highest BCUT2D eigenvalue weighted by Gasteiger charge is 2.26. The van der Waals surface area contributed by atoms with Crippen LogP contribution in [0.25, 0.3) is 0 Å². The smallest absolute Gasteiger partial charge is 0.220 e. The van der Waals surface area contributed by atoms with Crippen LogP contribution in [0, 0.1) is 5.82 Å². The first-order valence-corrected chi connectivity index (χ1v) is 5.32. The summed E-state index contributed by atoms with van der Waals surface area (Å²) < 4.78 is 13.8. The highest BCUT2D eigenvalue weighted by Crippen LogP contribution is 2.34. The Bertz CT molecular complexity index is 422. The molecule has 1 fully saturated rings. The summed E-state index contributed by atoms with van der Waals surface area (Å²) >= 11 is 3.15. The molecule has 80 valence electrons. The molecule has 2 N–H and O–H groups in total. The predicted molar refractivity (Wildman–Crippen MR) is 56.1 cm³/mol. The summed E-state index contributed by atoms with van der Waals surface area (Å²) in [4.78, 5) is 11.0. The molecule has 1 aromatic carbocycles. The standard InChI is InChI=1S/C10H9BrFNO2/c11-6-2-7(10(15)8(12)3-6)5-1-9(14)13-4-5/h2-3,5,15H,1,4H2,(H,13,14). The van der Waals surface area contributed by atoms with E-state index in [1.54, 1.807) is 6.07 Å². The number of halogens is 2. The Labute approximate surface area is 94.4 Å². The Kier molecular flexibility index (Phi) is 2.65. The van der Waals surface area contributed by atoms with Crippen molar-refractivity contribution in [3.63, 3.8) is 0 Å². The number of phenolic OH excluding ortho intramolecular Hbond substituents is 1. The molecule has 2 rings (SSSR count). The minimum atomic E-state index is -0.668. The van der Waals surface area contributed by atoms with Crippen LogP contribution >= 0.6 is 15.9 Å². The molecule has 0 radical (unpaired) electrons. The molecule has 0 aromatic heterocycles. The average molecular weight is 274 g/mol. The van der Waals surface area contributed by atoms with Crippen LogP contribution in [0.1, 0.15) is 17.9 Å². The summed E-state index contributed by atoms with van der Waals surface area (Å²) in [6, 6.07) is 2.84. The van der Waals surface area contributed by atoms with Gasteiger partial charge in [-0.05, 0) is 12.1 Å². The van der Waals surface area contributed by atoms with E-state index in [0.717, 1.165) is 0 Å². The number of nitrogens with one attached hydrogen (secondary N) is 1. The lowest BCUT2D eigenvalue weighted by Crippen LogP contribution is -2.13. The molecule has 15 heavy (non-hydrogen) atoms. The van der Waals surface area contributed by atoms with Crippen molar-refractivity contribution < 1.29 is 14.3 Å². The summed E-state index contributed by atoms with van der Waals surface area (Å²) in [6.07, 6.45) is 0.295. The Balaban J connectivity index is 2.39. The van der Waals surface area contributed by atoms with Crippen molar-refractivity contribution in [2.24, 2.45) is 0 Å². The number of aromatic hydroxyl groups is 1. The molecule has 3 nitrogen and oxygen atoms in total. The molecule has 1 unspecified atom stereocenters. The first-order chi connectivity index (χ1) is 7.08. The predicted octanol–water partition coefficient (Wildman–Crippen LogP) is 1.90. The number of rotatable bonds is 1. The molecule has 0 saturated carbocycles. The Morgan fingerprint density at radius 3 is 2.87 bits per heavy atom. The first kappa shape index (κ1) is 10.4. The first-order valence-electron chi connectivity index (χ1n) is 4.52. The molecule has 1 saturated heterocycles. The maximum absolute atomic E-state index is 13.2. The van der Waals surface area contributed by atoms with Crippen LogP contribution in [0.4, 0.5) is 4.39 Å². The molecule has 0 aliphatic carbocycles. The van der Waals surface area contributed by atoms with Gasteiger partial charge in [0.2, 0.25) is 5.91 Å². The van der Waals surface area contributed by atoms with Crippen LogP contribution in [0.5, 0.6) is 5.75 Å². The number of phenols is 1. The van der Waals surface area contributed by atoms with Gasteiger partial charge in [-0.2, -0.15) is 0 Å². The summed E-state index contributed by atoms with van der Waals surface area (Å²) in [5.41, 5.74) is 0.472. The second kappa shape index (κ2) is 3.81. The maximum atomic E-state index is 13.2. The van der Waals surface area contributed by atoms with Crippen LogP contribution in [0.3, 0.4) is 0 Å². The molecule has 0 spiro atoms. The van der Waals surface area contributed by atoms with Crippen LogP contribution < -0.4 is 5.32 Å². The van der Waals surface area contributed by atoms with Gasteiger partial charge in [-0.15, -0.1) is 0 Å². The number of benzene rings is 1. The van der Waals surface area contributed by atoms with Gasteiger partial charge in [0.15, 0.2) is 11.6 Å². The third-order valence-corrected chi connectivity index (χ3v) is 2.93. The quantitative estimate of drug-likeness (QED) is 0.821. The van der Waals surface area contributed by atoms with Gasteiger partial charge in [0.25, 0.3) is 0 Å². The molecule has 1 aromatic rings. The van der Waals surface area contributed by atoms with Crippen LogP contribution in [0.2, 0.25) is 0 Å². The van der Waals surface area contributed by atoms with Gasteiger partial charge < -0.3 is 10.4 Å². The van der Waals surface area contributed by atoms with Crippen molar-refractivity contribution in [3.8, 4) is 5.75 Å². The Morgan fingerprint density at radius 1 is 1.53 bits per heavy atom. The van der Waals surface area contributed by atoms with E-state index < -0.39 is 5.82 Å². The summed E-state index contributed by atoms with van der Waals surface area (Å²) in [6.45, 7) is 0.447. The van der Waals surface area contributed by atoms with Gasteiger partial charge in [0.05, 0.1) is 0 Å². The maximum Gasteiger partial charge on any atom is 0.220 e. The van der Waals surface area contributed by atoms with Crippen LogP contribution in [-0.4, -0.2) is 17.6 Å². The van der Waals surface area contributed by atoms with E-state index >= 15 is 0 Å². The molecule has 1 atom stereocenters. The molecule has 1 heterocycles. The number of hydrogen-bond acceptors (Lipinski definition) is 2. The van der Waals surface area contributed by atoms with Crippen LogP contribution in [0.15, 0.2) is 16.6 Å². The highest BCUT2D eigenvalue weighted by molar-refractivity contribution is 9.10. The number of hydrogen-bond donors (Lipinski definition) is 2. The lowest BCUT2D eigenvalue weighted by atomic mass is 9.97. The molecular weight excluding hydrogens is 265 g/mol. The van der Waals surface area contributed by atoms with Crippen molar-refractivity contribution in [2.45, 2.75) is 12.3 Å². The molecule has 1 aliphatic heterocycles. The fourth-order valence-corrected chi connectivity index (χ4v) is 2.17. The van der Waals surface area contributed by atoms with Crippen molar-refractivity contribution in [2.75, 3.05) is 6.54 Å².